The summed E-state index contributed by atoms with van der Waals surface area (Å²) in [7, 11) is 0. The second-order valence-electron chi connectivity index (χ2n) is 4.05. The molecule has 1 aliphatic heterocycles. The van der Waals surface area contributed by atoms with Crippen LogP contribution in [0.2, 0.25) is 5.02 Å². The number of piperidine rings is 1. The summed E-state index contributed by atoms with van der Waals surface area (Å²) >= 11 is 5.75. The van der Waals surface area contributed by atoms with Crippen molar-refractivity contribution in [2.24, 2.45) is 0 Å². The number of hydrogen-bond acceptors (Lipinski definition) is 4. The van der Waals surface area contributed by atoms with Gasteiger partial charge in [0.25, 0.3) is 0 Å². The molecule has 0 spiro atoms. The number of anilines is 1. The van der Waals surface area contributed by atoms with E-state index in [1.807, 2.05) is 4.90 Å². The van der Waals surface area contributed by atoms with E-state index in [4.69, 9.17) is 16.7 Å². The second kappa shape index (κ2) is 4.89. The summed E-state index contributed by atoms with van der Waals surface area (Å²) in [5, 5.41) is 18.6. The zero-order chi connectivity index (χ0) is 12.4. The standard InChI is InChI=1S/C11H13ClN2O3/c12-8-3-4-9(13-10(8)11(16)17)14-5-1-2-7(15)6-14/h3-4,7,15H,1-2,5-6H2,(H,16,17). The van der Waals surface area contributed by atoms with Crippen molar-refractivity contribution >= 4 is 23.4 Å². The predicted molar refractivity (Wildman–Crippen MR) is 63.7 cm³/mol. The summed E-state index contributed by atoms with van der Waals surface area (Å²) in [5.74, 6) is -0.597. The van der Waals surface area contributed by atoms with Crippen molar-refractivity contribution in [3.05, 3.63) is 22.8 Å². The Morgan fingerprint density at radius 3 is 2.94 bits per heavy atom. The Labute approximate surface area is 104 Å². The van der Waals surface area contributed by atoms with Crippen LogP contribution < -0.4 is 4.90 Å². The Hall–Kier alpha value is -1.33. The summed E-state index contributed by atoms with van der Waals surface area (Å²) in [6.07, 6.45) is 1.26. The van der Waals surface area contributed by atoms with Gasteiger partial charge in [-0.3, -0.25) is 0 Å². The normalized spacial score (nSPS) is 20.4. The molecule has 1 saturated heterocycles. The molecule has 1 aliphatic rings. The minimum Gasteiger partial charge on any atom is -0.476 e. The molecule has 1 atom stereocenters. The molecule has 1 unspecified atom stereocenters. The van der Waals surface area contributed by atoms with Gasteiger partial charge in [-0.1, -0.05) is 11.6 Å². The third-order valence-corrected chi connectivity index (χ3v) is 3.06. The summed E-state index contributed by atoms with van der Waals surface area (Å²) in [6, 6.07) is 3.20. The minimum atomic E-state index is -1.14. The average Bonchev–Trinajstić information content (AvgIpc) is 2.29. The third-order valence-electron chi connectivity index (χ3n) is 2.75. The van der Waals surface area contributed by atoms with Crippen LogP contribution in [0.4, 0.5) is 5.82 Å². The average molecular weight is 257 g/mol. The van der Waals surface area contributed by atoms with Crippen molar-refractivity contribution in [1.82, 2.24) is 4.98 Å². The van der Waals surface area contributed by atoms with Gasteiger partial charge in [-0.25, -0.2) is 9.78 Å². The van der Waals surface area contributed by atoms with Crippen molar-refractivity contribution < 1.29 is 15.0 Å². The molecule has 0 amide bonds. The number of rotatable bonds is 2. The molecule has 2 rings (SSSR count). The lowest BCUT2D eigenvalue weighted by Gasteiger charge is -2.31. The molecular formula is C11H13ClN2O3. The predicted octanol–water partition coefficient (Wildman–Crippen LogP) is 1.39. The molecule has 2 N–H and O–H groups in total. The summed E-state index contributed by atoms with van der Waals surface area (Å²) in [6.45, 7) is 1.25. The van der Waals surface area contributed by atoms with E-state index in [-0.39, 0.29) is 16.8 Å². The van der Waals surface area contributed by atoms with Gasteiger partial charge in [-0.15, -0.1) is 0 Å². The van der Waals surface area contributed by atoms with E-state index in [1.54, 1.807) is 6.07 Å². The SMILES string of the molecule is O=C(O)c1nc(N2CCCC(O)C2)ccc1Cl. The van der Waals surface area contributed by atoms with Crippen LogP contribution >= 0.6 is 11.6 Å². The van der Waals surface area contributed by atoms with Gasteiger partial charge in [0.2, 0.25) is 0 Å². The van der Waals surface area contributed by atoms with Crippen molar-refractivity contribution in [2.75, 3.05) is 18.0 Å². The van der Waals surface area contributed by atoms with E-state index >= 15 is 0 Å². The zero-order valence-electron chi connectivity index (χ0n) is 9.14. The van der Waals surface area contributed by atoms with Crippen LogP contribution in [-0.2, 0) is 0 Å². The number of carboxylic acid groups (broad SMARTS) is 1. The van der Waals surface area contributed by atoms with Crippen molar-refractivity contribution in [2.45, 2.75) is 18.9 Å². The van der Waals surface area contributed by atoms with Crippen LogP contribution in [-0.4, -0.2) is 40.4 Å². The fraction of sp³-hybridized carbons (Fsp3) is 0.455. The molecule has 0 aliphatic carbocycles. The summed E-state index contributed by atoms with van der Waals surface area (Å²) in [4.78, 5) is 16.8. The summed E-state index contributed by atoms with van der Waals surface area (Å²) in [5.41, 5.74) is -0.149. The highest BCUT2D eigenvalue weighted by Crippen LogP contribution is 2.22. The number of halogens is 1. The lowest BCUT2D eigenvalue weighted by molar-refractivity contribution is 0.0691. The number of aliphatic hydroxyl groups is 1. The van der Waals surface area contributed by atoms with Gasteiger partial charge in [0.1, 0.15) is 5.82 Å². The van der Waals surface area contributed by atoms with Gasteiger partial charge in [0, 0.05) is 13.1 Å². The number of carbonyl (C=O) groups is 1. The Bertz CT molecular complexity index is 439. The van der Waals surface area contributed by atoms with E-state index in [2.05, 4.69) is 4.98 Å². The molecule has 17 heavy (non-hydrogen) atoms. The van der Waals surface area contributed by atoms with E-state index in [1.165, 1.54) is 6.07 Å². The number of β-amino-alcohol motifs (C(OH)–C–C–N with tert-alkyl or cyclic N) is 1. The maximum atomic E-state index is 10.9. The largest absolute Gasteiger partial charge is 0.476 e. The van der Waals surface area contributed by atoms with Crippen molar-refractivity contribution in [1.29, 1.82) is 0 Å². The monoisotopic (exact) mass is 256 g/mol. The molecular weight excluding hydrogens is 244 g/mol. The van der Waals surface area contributed by atoms with Gasteiger partial charge in [0.05, 0.1) is 11.1 Å². The van der Waals surface area contributed by atoms with E-state index in [9.17, 15) is 9.90 Å². The van der Waals surface area contributed by atoms with Gasteiger partial charge < -0.3 is 15.1 Å². The van der Waals surface area contributed by atoms with Crippen LogP contribution in [0, 0.1) is 0 Å². The first kappa shape index (κ1) is 12.1. The first-order valence-corrected chi connectivity index (χ1v) is 5.78. The Morgan fingerprint density at radius 2 is 2.29 bits per heavy atom. The molecule has 92 valence electrons. The molecule has 0 saturated carbocycles. The highest BCUT2D eigenvalue weighted by Gasteiger charge is 2.20. The molecule has 1 aromatic rings. The van der Waals surface area contributed by atoms with Gasteiger partial charge in [-0.05, 0) is 25.0 Å². The molecule has 5 nitrogen and oxygen atoms in total. The molecule has 2 heterocycles. The van der Waals surface area contributed by atoms with E-state index in [0.29, 0.717) is 12.4 Å². The van der Waals surface area contributed by atoms with Crippen LogP contribution in [0.5, 0.6) is 0 Å². The quantitative estimate of drug-likeness (QED) is 0.837. The third kappa shape index (κ3) is 2.68. The van der Waals surface area contributed by atoms with E-state index in [0.717, 1.165) is 19.4 Å². The maximum absolute atomic E-state index is 10.9. The Morgan fingerprint density at radius 1 is 1.53 bits per heavy atom. The number of nitrogens with zero attached hydrogens (tertiary/aromatic N) is 2. The van der Waals surface area contributed by atoms with Gasteiger partial charge >= 0.3 is 5.97 Å². The lowest BCUT2D eigenvalue weighted by atomic mass is 10.1. The number of aromatic nitrogens is 1. The first-order chi connectivity index (χ1) is 8.08. The number of hydrogen-bond donors (Lipinski definition) is 2. The number of aromatic carboxylic acids is 1. The number of pyridine rings is 1. The Kier molecular flexibility index (Phi) is 3.49. The molecule has 0 radical (unpaired) electrons. The van der Waals surface area contributed by atoms with Crippen LogP contribution in [0.25, 0.3) is 0 Å². The van der Waals surface area contributed by atoms with Crippen LogP contribution in [0.1, 0.15) is 23.3 Å². The molecule has 1 fully saturated rings. The minimum absolute atomic E-state index is 0.124. The van der Waals surface area contributed by atoms with Crippen LogP contribution in [0.3, 0.4) is 0 Å². The second-order valence-corrected chi connectivity index (χ2v) is 4.45. The van der Waals surface area contributed by atoms with Gasteiger partial charge in [0.15, 0.2) is 5.69 Å². The molecule has 0 bridgehead atoms. The lowest BCUT2D eigenvalue weighted by Crippen LogP contribution is -2.38. The summed E-state index contributed by atoms with van der Waals surface area (Å²) < 4.78 is 0. The Balaban J connectivity index is 2.26. The van der Waals surface area contributed by atoms with Crippen molar-refractivity contribution in [3.63, 3.8) is 0 Å². The highest BCUT2D eigenvalue weighted by atomic mass is 35.5. The number of aliphatic hydroxyl groups excluding tert-OH is 1. The van der Waals surface area contributed by atoms with E-state index < -0.39 is 5.97 Å². The molecule has 1 aromatic heterocycles. The van der Waals surface area contributed by atoms with Gasteiger partial charge in [-0.2, -0.15) is 0 Å². The smallest absolute Gasteiger partial charge is 0.356 e. The fourth-order valence-electron chi connectivity index (χ4n) is 1.92. The van der Waals surface area contributed by atoms with Crippen LogP contribution in [0.15, 0.2) is 12.1 Å². The fourth-order valence-corrected chi connectivity index (χ4v) is 2.11. The zero-order valence-corrected chi connectivity index (χ0v) is 9.89. The maximum Gasteiger partial charge on any atom is 0.356 e. The topological polar surface area (TPSA) is 73.7 Å². The van der Waals surface area contributed by atoms with Crippen molar-refractivity contribution in [3.8, 4) is 0 Å². The number of carboxylic acids is 1. The molecule has 0 aromatic carbocycles. The first-order valence-electron chi connectivity index (χ1n) is 5.41. The molecule has 6 heteroatoms. The highest BCUT2D eigenvalue weighted by molar-refractivity contribution is 6.33.